The lowest BCUT2D eigenvalue weighted by atomic mass is 10.1. The summed E-state index contributed by atoms with van der Waals surface area (Å²) >= 11 is 3.45. The van der Waals surface area contributed by atoms with Gasteiger partial charge in [0.15, 0.2) is 17.5 Å². The van der Waals surface area contributed by atoms with E-state index < -0.39 is 23.4 Å². The number of aromatic carboxylic acids is 1. The van der Waals surface area contributed by atoms with Crippen LogP contribution in [0.4, 0.5) is 13.2 Å². The van der Waals surface area contributed by atoms with Gasteiger partial charge in [-0.2, -0.15) is 0 Å². The van der Waals surface area contributed by atoms with Gasteiger partial charge in [0, 0.05) is 21.4 Å². The van der Waals surface area contributed by atoms with Gasteiger partial charge in [-0.1, -0.05) is 22.0 Å². The van der Waals surface area contributed by atoms with Crippen molar-refractivity contribution >= 4 is 21.9 Å². The average molecular weight is 516 g/mol. The lowest BCUT2D eigenvalue weighted by Gasteiger charge is -2.17. The topological polar surface area (TPSA) is 51.5 Å². The van der Waals surface area contributed by atoms with E-state index in [1.807, 2.05) is 29.7 Å². The molecule has 3 aromatic carbocycles. The summed E-state index contributed by atoms with van der Waals surface area (Å²) in [6.07, 6.45) is 0. The largest absolute Gasteiger partial charge is 0.488 e. The van der Waals surface area contributed by atoms with Crippen molar-refractivity contribution < 1.29 is 27.8 Å². The van der Waals surface area contributed by atoms with E-state index in [4.69, 9.17) is 4.74 Å². The number of hydrogen-bond donors (Lipinski definition) is 1. The minimum Gasteiger partial charge on any atom is -0.488 e. The van der Waals surface area contributed by atoms with E-state index in [-0.39, 0.29) is 17.7 Å². The molecule has 0 saturated carbocycles. The maximum Gasteiger partial charge on any atom is 0.335 e. The number of nitrogens with zero attached hydrogens (tertiary/aromatic N) is 1. The predicted molar refractivity (Wildman–Crippen MR) is 121 cm³/mol. The van der Waals surface area contributed by atoms with Crippen LogP contribution < -0.4 is 4.74 Å². The van der Waals surface area contributed by atoms with Crippen molar-refractivity contribution in [2.75, 3.05) is 0 Å². The van der Waals surface area contributed by atoms with E-state index in [1.165, 1.54) is 6.07 Å². The molecule has 0 unspecified atom stereocenters. The van der Waals surface area contributed by atoms with Gasteiger partial charge in [0.05, 0.1) is 11.3 Å². The summed E-state index contributed by atoms with van der Waals surface area (Å²) in [6.45, 7) is 1.70. The van der Waals surface area contributed by atoms with E-state index in [9.17, 15) is 23.1 Å². The van der Waals surface area contributed by atoms with Gasteiger partial charge in [-0.3, -0.25) is 0 Å². The highest BCUT2D eigenvalue weighted by Crippen LogP contribution is 2.36. The number of hydrogen-bond acceptors (Lipinski definition) is 2. The lowest BCUT2D eigenvalue weighted by Crippen LogP contribution is -2.04. The van der Waals surface area contributed by atoms with Crippen LogP contribution in [0.5, 0.6) is 5.75 Å². The molecule has 0 aliphatic carbocycles. The smallest absolute Gasteiger partial charge is 0.335 e. The molecule has 0 aliphatic heterocycles. The van der Waals surface area contributed by atoms with Crippen LogP contribution in [-0.4, -0.2) is 15.6 Å². The van der Waals surface area contributed by atoms with Crippen LogP contribution in [0.15, 0.2) is 71.2 Å². The predicted octanol–water partition coefficient (Wildman–Crippen LogP) is 6.91. The molecule has 8 heteroatoms. The number of ether oxygens (including phenoxy) is 1. The van der Waals surface area contributed by atoms with Crippen LogP contribution in [0.3, 0.4) is 0 Å². The summed E-state index contributed by atoms with van der Waals surface area (Å²) < 4.78 is 48.9. The minimum atomic E-state index is -1.53. The molecule has 1 aromatic heterocycles. The zero-order valence-corrected chi connectivity index (χ0v) is 18.9. The fraction of sp³-hybridized carbons (Fsp3) is 0.0800. The van der Waals surface area contributed by atoms with Crippen LogP contribution in [-0.2, 0) is 6.61 Å². The van der Waals surface area contributed by atoms with Crippen molar-refractivity contribution in [3.63, 3.8) is 0 Å². The molecule has 0 atom stereocenters. The van der Waals surface area contributed by atoms with Gasteiger partial charge in [0.1, 0.15) is 12.4 Å². The molecule has 4 nitrogen and oxygen atoms in total. The van der Waals surface area contributed by atoms with Gasteiger partial charge in [0.25, 0.3) is 0 Å². The Hall–Kier alpha value is -3.52. The van der Waals surface area contributed by atoms with Crippen LogP contribution in [0, 0.1) is 24.4 Å². The highest BCUT2D eigenvalue weighted by Gasteiger charge is 2.17. The monoisotopic (exact) mass is 515 g/mol. The molecule has 4 rings (SSSR count). The van der Waals surface area contributed by atoms with Gasteiger partial charge in [-0.15, -0.1) is 0 Å². The number of rotatable bonds is 6. The van der Waals surface area contributed by atoms with Gasteiger partial charge in [-0.05, 0) is 73.2 Å². The Morgan fingerprint density at radius 2 is 1.73 bits per heavy atom. The number of aryl methyl sites for hydroxylation is 1. The van der Waals surface area contributed by atoms with Crippen LogP contribution in [0.2, 0.25) is 0 Å². The quantitative estimate of drug-likeness (QED) is 0.284. The molecule has 4 aromatic rings. The average Bonchev–Trinajstić information content (AvgIpc) is 3.17. The number of halogens is 4. The van der Waals surface area contributed by atoms with Gasteiger partial charge < -0.3 is 14.4 Å². The molecular weight excluding hydrogens is 499 g/mol. The molecule has 0 amide bonds. The normalized spacial score (nSPS) is 10.9. The highest BCUT2D eigenvalue weighted by molar-refractivity contribution is 9.10. The fourth-order valence-corrected chi connectivity index (χ4v) is 3.91. The Morgan fingerprint density at radius 3 is 2.42 bits per heavy atom. The van der Waals surface area contributed by atoms with E-state index in [2.05, 4.69) is 15.9 Å². The van der Waals surface area contributed by atoms with E-state index in [0.717, 1.165) is 28.0 Å². The second-order valence-electron chi connectivity index (χ2n) is 7.35. The Bertz CT molecular complexity index is 1340. The zero-order valence-electron chi connectivity index (χ0n) is 17.3. The maximum absolute atomic E-state index is 13.6. The molecule has 0 bridgehead atoms. The molecule has 0 saturated heterocycles. The molecule has 0 fully saturated rings. The summed E-state index contributed by atoms with van der Waals surface area (Å²) in [5.74, 6) is -4.70. The molecule has 33 heavy (non-hydrogen) atoms. The first-order valence-corrected chi connectivity index (χ1v) is 10.6. The highest BCUT2D eigenvalue weighted by atomic mass is 79.9. The Balaban J connectivity index is 1.75. The first-order valence-electron chi connectivity index (χ1n) is 9.83. The van der Waals surface area contributed by atoms with E-state index >= 15 is 0 Å². The van der Waals surface area contributed by atoms with Crippen LogP contribution >= 0.6 is 15.9 Å². The minimum absolute atomic E-state index is 0.140. The summed E-state index contributed by atoms with van der Waals surface area (Å²) in [7, 11) is 0. The van der Waals surface area contributed by atoms with Crippen molar-refractivity contribution in [2.24, 2.45) is 0 Å². The first-order chi connectivity index (χ1) is 15.7. The number of aromatic nitrogens is 1. The summed E-state index contributed by atoms with van der Waals surface area (Å²) in [6, 6.07) is 17.4. The summed E-state index contributed by atoms with van der Waals surface area (Å²) in [5, 5.41) is 9.36. The fourth-order valence-electron chi connectivity index (χ4n) is 3.55. The molecule has 0 radical (unpaired) electrons. The second-order valence-corrected chi connectivity index (χ2v) is 8.27. The number of carboxylic acid groups (broad SMARTS) is 1. The second kappa shape index (κ2) is 9.15. The number of carboxylic acids is 1. The van der Waals surface area contributed by atoms with E-state index in [0.29, 0.717) is 17.0 Å². The lowest BCUT2D eigenvalue weighted by molar-refractivity contribution is 0.0697. The number of carbonyl (C=O) groups is 1. The first kappa shape index (κ1) is 22.7. The van der Waals surface area contributed by atoms with Crippen LogP contribution in [0.25, 0.3) is 16.9 Å². The third-order valence-electron chi connectivity index (χ3n) is 5.08. The van der Waals surface area contributed by atoms with Gasteiger partial charge in [0.2, 0.25) is 0 Å². The van der Waals surface area contributed by atoms with E-state index in [1.54, 1.807) is 30.3 Å². The third kappa shape index (κ3) is 4.66. The SMILES string of the molecule is Cc1ccc(-c2cc(Br)ccc2OCc2cc(F)c(F)c(F)c2)n1-c1cccc(C(=O)O)c1. The van der Waals surface area contributed by atoms with Gasteiger partial charge in [-0.25, -0.2) is 18.0 Å². The van der Waals surface area contributed by atoms with Crippen molar-refractivity contribution in [2.45, 2.75) is 13.5 Å². The summed E-state index contributed by atoms with van der Waals surface area (Å²) in [4.78, 5) is 11.4. The van der Waals surface area contributed by atoms with Crippen molar-refractivity contribution in [3.05, 3.63) is 105 Å². The standard InChI is InChI=1S/C25H17BrF3NO3/c1-14-5-7-22(30(14)18-4-2-3-16(11-18)25(31)32)19-12-17(26)6-8-23(19)33-13-15-9-20(27)24(29)21(28)10-15/h2-12H,13H2,1H3,(H,31,32). The molecule has 0 spiro atoms. The molecular formula is C25H17BrF3NO3. The van der Waals surface area contributed by atoms with Crippen LogP contribution in [0.1, 0.15) is 21.6 Å². The molecule has 1 heterocycles. The Labute approximate surface area is 196 Å². The van der Waals surface area contributed by atoms with Crippen molar-refractivity contribution in [3.8, 4) is 22.7 Å². The zero-order chi connectivity index (χ0) is 23.7. The summed E-state index contributed by atoms with van der Waals surface area (Å²) in [5.41, 5.74) is 3.20. The van der Waals surface area contributed by atoms with Crippen molar-refractivity contribution in [1.29, 1.82) is 0 Å². The van der Waals surface area contributed by atoms with Crippen molar-refractivity contribution in [1.82, 2.24) is 4.57 Å². The third-order valence-corrected chi connectivity index (χ3v) is 5.58. The maximum atomic E-state index is 13.6. The van der Waals surface area contributed by atoms with Gasteiger partial charge >= 0.3 is 5.97 Å². The molecule has 168 valence electrons. The Morgan fingerprint density at radius 1 is 1.00 bits per heavy atom. The Kier molecular flexibility index (Phi) is 6.29. The molecule has 0 aliphatic rings. The number of benzene rings is 3. The molecule has 1 N–H and O–H groups in total.